The van der Waals surface area contributed by atoms with Gasteiger partial charge in [-0.1, -0.05) is 6.92 Å². The van der Waals surface area contributed by atoms with Crippen LogP contribution in [0.25, 0.3) is 0 Å². The summed E-state index contributed by atoms with van der Waals surface area (Å²) in [6.07, 6.45) is 0. The first kappa shape index (κ1) is 9.52. The molecule has 0 aliphatic carbocycles. The number of carbonyl (C=O) groups is 1. The summed E-state index contributed by atoms with van der Waals surface area (Å²) in [5.41, 5.74) is 0. The molecule has 1 heterocycles. The van der Waals surface area contributed by atoms with Crippen molar-refractivity contribution in [1.82, 2.24) is 9.80 Å². The monoisotopic (exact) mass is 170 g/mol. The predicted molar refractivity (Wildman–Crippen MR) is 48.9 cm³/mol. The molecular formula is C9H18N2O. The van der Waals surface area contributed by atoms with E-state index in [1.54, 1.807) is 0 Å². The van der Waals surface area contributed by atoms with Gasteiger partial charge in [0.25, 0.3) is 0 Å². The molecule has 0 bridgehead atoms. The molecular weight excluding hydrogens is 152 g/mol. The first-order valence-electron chi connectivity index (χ1n) is 4.47. The highest BCUT2D eigenvalue weighted by atomic mass is 16.2. The van der Waals surface area contributed by atoms with Gasteiger partial charge in [0.2, 0.25) is 5.91 Å². The Balaban J connectivity index is 2.38. The standard InChI is InChI=1S/C9H18N2O/c1-7-5-11(6-7)9(12)8(2)10(3)4/h7-8H,5-6H2,1-4H3/t8-/m1/s1. The molecule has 70 valence electrons. The smallest absolute Gasteiger partial charge is 0.239 e. The van der Waals surface area contributed by atoms with Crippen molar-refractivity contribution in [3.63, 3.8) is 0 Å². The Morgan fingerprint density at radius 3 is 2.33 bits per heavy atom. The van der Waals surface area contributed by atoms with E-state index in [4.69, 9.17) is 0 Å². The lowest BCUT2D eigenvalue weighted by Gasteiger charge is -2.39. The van der Waals surface area contributed by atoms with Gasteiger partial charge in [0, 0.05) is 13.1 Å². The van der Waals surface area contributed by atoms with E-state index in [0.29, 0.717) is 5.92 Å². The molecule has 3 nitrogen and oxygen atoms in total. The predicted octanol–water partition coefficient (Wildman–Crippen LogP) is 0.415. The summed E-state index contributed by atoms with van der Waals surface area (Å²) in [7, 11) is 3.87. The van der Waals surface area contributed by atoms with E-state index in [1.165, 1.54) is 0 Å². The molecule has 0 saturated carbocycles. The van der Waals surface area contributed by atoms with Gasteiger partial charge in [-0.15, -0.1) is 0 Å². The molecule has 1 saturated heterocycles. The minimum atomic E-state index is 0.0255. The van der Waals surface area contributed by atoms with Crippen LogP contribution in [-0.2, 0) is 4.79 Å². The van der Waals surface area contributed by atoms with E-state index < -0.39 is 0 Å². The van der Waals surface area contributed by atoms with E-state index in [2.05, 4.69) is 6.92 Å². The molecule has 1 fully saturated rings. The van der Waals surface area contributed by atoms with E-state index in [0.717, 1.165) is 13.1 Å². The molecule has 1 amide bonds. The van der Waals surface area contributed by atoms with Crippen molar-refractivity contribution in [3.05, 3.63) is 0 Å². The number of hydrogen-bond acceptors (Lipinski definition) is 2. The Bertz CT molecular complexity index is 173. The molecule has 0 N–H and O–H groups in total. The van der Waals surface area contributed by atoms with Crippen LogP contribution >= 0.6 is 0 Å². The van der Waals surface area contributed by atoms with Gasteiger partial charge < -0.3 is 4.90 Å². The van der Waals surface area contributed by atoms with Crippen molar-refractivity contribution in [2.45, 2.75) is 19.9 Å². The second kappa shape index (κ2) is 3.44. The van der Waals surface area contributed by atoms with Crippen LogP contribution in [0.15, 0.2) is 0 Å². The average molecular weight is 170 g/mol. The lowest BCUT2D eigenvalue weighted by molar-refractivity contribution is -0.141. The summed E-state index contributed by atoms with van der Waals surface area (Å²) in [5.74, 6) is 0.960. The third-order valence-electron chi connectivity index (χ3n) is 2.51. The Morgan fingerprint density at radius 2 is 2.00 bits per heavy atom. The maximum Gasteiger partial charge on any atom is 0.239 e. The zero-order chi connectivity index (χ0) is 9.30. The van der Waals surface area contributed by atoms with Crippen molar-refractivity contribution in [3.8, 4) is 0 Å². The van der Waals surface area contributed by atoms with E-state index in [-0.39, 0.29) is 11.9 Å². The largest absolute Gasteiger partial charge is 0.341 e. The van der Waals surface area contributed by atoms with Crippen LogP contribution in [0.1, 0.15) is 13.8 Å². The lowest BCUT2D eigenvalue weighted by atomic mass is 10.0. The Labute approximate surface area is 74.3 Å². The Hall–Kier alpha value is -0.570. The van der Waals surface area contributed by atoms with Crippen molar-refractivity contribution in [2.24, 2.45) is 5.92 Å². The summed E-state index contributed by atoms with van der Waals surface area (Å²) >= 11 is 0. The minimum Gasteiger partial charge on any atom is -0.341 e. The topological polar surface area (TPSA) is 23.6 Å². The van der Waals surface area contributed by atoms with Crippen LogP contribution in [0.5, 0.6) is 0 Å². The molecule has 0 aromatic carbocycles. The summed E-state index contributed by atoms with van der Waals surface area (Å²) in [6.45, 7) is 6.00. The van der Waals surface area contributed by atoms with E-state index in [9.17, 15) is 4.79 Å². The number of amides is 1. The molecule has 1 aliphatic heterocycles. The fraction of sp³-hybridized carbons (Fsp3) is 0.889. The van der Waals surface area contributed by atoms with E-state index in [1.807, 2.05) is 30.8 Å². The molecule has 0 radical (unpaired) electrons. The van der Waals surface area contributed by atoms with Crippen LogP contribution in [-0.4, -0.2) is 48.9 Å². The van der Waals surface area contributed by atoms with Gasteiger partial charge in [-0.05, 0) is 26.9 Å². The highest BCUT2D eigenvalue weighted by Crippen LogP contribution is 2.15. The van der Waals surface area contributed by atoms with Crippen LogP contribution in [0.2, 0.25) is 0 Å². The fourth-order valence-corrected chi connectivity index (χ4v) is 1.36. The number of carbonyl (C=O) groups excluding carboxylic acids is 1. The zero-order valence-corrected chi connectivity index (χ0v) is 8.37. The van der Waals surface area contributed by atoms with Gasteiger partial charge in [0.1, 0.15) is 0 Å². The van der Waals surface area contributed by atoms with Crippen LogP contribution in [0.3, 0.4) is 0 Å². The number of rotatable bonds is 2. The summed E-state index contributed by atoms with van der Waals surface area (Å²) < 4.78 is 0. The SMILES string of the molecule is CC1CN(C(=O)[C@@H](C)N(C)C)C1. The molecule has 0 aromatic rings. The van der Waals surface area contributed by atoms with Crippen molar-refractivity contribution in [1.29, 1.82) is 0 Å². The molecule has 1 rings (SSSR count). The number of nitrogens with zero attached hydrogens (tertiary/aromatic N) is 2. The molecule has 12 heavy (non-hydrogen) atoms. The Kier molecular flexibility index (Phi) is 2.73. The number of hydrogen-bond donors (Lipinski definition) is 0. The molecule has 0 spiro atoms. The molecule has 3 heteroatoms. The maximum absolute atomic E-state index is 11.6. The number of likely N-dealkylation sites (tertiary alicyclic amines) is 1. The normalized spacial score (nSPS) is 20.9. The zero-order valence-electron chi connectivity index (χ0n) is 8.37. The van der Waals surface area contributed by atoms with Gasteiger partial charge in [-0.3, -0.25) is 9.69 Å². The highest BCUT2D eigenvalue weighted by Gasteiger charge is 2.30. The lowest BCUT2D eigenvalue weighted by Crippen LogP contribution is -2.54. The Morgan fingerprint density at radius 1 is 1.50 bits per heavy atom. The number of likely N-dealkylation sites (N-methyl/N-ethyl adjacent to an activating group) is 1. The summed E-state index contributed by atoms with van der Waals surface area (Å²) in [4.78, 5) is 15.5. The quantitative estimate of drug-likeness (QED) is 0.599. The summed E-state index contributed by atoms with van der Waals surface area (Å²) in [5, 5.41) is 0. The first-order chi connectivity index (χ1) is 5.52. The molecule has 0 aromatic heterocycles. The summed E-state index contributed by atoms with van der Waals surface area (Å²) in [6, 6.07) is 0.0255. The van der Waals surface area contributed by atoms with Gasteiger partial charge in [0.05, 0.1) is 6.04 Å². The van der Waals surface area contributed by atoms with Crippen molar-refractivity contribution in [2.75, 3.05) is 27.2 Å². The third kappa shape index (κ3) is 1.78. The van der Waals surface area contributed by atoms with Gasteiger partial charge >= 0.3 is 0 Å². The van der Waals surface area contributed by atoms with Crippen LogP contribution < -0.4 is 0 Å². The maximum atomic E-state index is 11.6. The average Bonchev–Trinajstić information content (AvgIpc) is 1.95. The van der Waals surface area contributed by atoms with Crippen LogP contribution in [0.4, 0.5) is 0 Å². The van der Waals surface area contributed by atoms with Crippen molar-refractivity contribution >= 4 is 5.91 Å². The van der Waals surface area contributed by atoms with Gasteiger partial charge in [0.15, 0.2) is 0 Å². The molecule has 0 unspecified atom stereocenters. The first-order valence-corrected chi connectivity index (χ1v) is 4.47. The molecule has 1 aliphatic rings. The van der Waals surface area contributed by atoms with E-state index >= 15 is 0 Å². The van der Waals surface area contributed by atoms with Gasteiger partial charge in [-0.25, -0.2) is 0 Å². The molecule has 1 atom stereocenters. The van der Waals surface area contributed by atoms with Crippen molar-refractivity contribution < 1.29 is 4.79 Å². The highest BCUT2D eigenvalue weighted by molar-refractivity contribution is 5.82. The van der Waals surface area contributed by atoms with Gasteiger partial charge in [-0.2, -0.15) is 0 Å². The van der Waals surface area contributed by atoms with Crippen LogP contribution in [0, 0.1) is 5.92 Å². The minimum absolute atomic E-state index is 0.0255. The second-order valence-corrected chi connectivity index (χ2v) is 3.99. The third-order valence-corrected chi connectivity index (χ3v) is 2.51. The second-order valence-electron chi connectivity index (χ2n) is 3.99. The fourth-order valence-electron chi connectivity index (χ4n) is 1.36.